The van der Waals surface area contributed by atoms with Crippen LogP contribution in [0.25, 0.3) is 0 Å². The fraction of sp³-hybridized carbons (Fsp3) is 0.462. The van der Waals surface area contributed by atoms with Crippen molar-refractivity contribution in [1.82, 2.24) is 9.88 Å². The summed E-state index contributed by atoms with van der Waals surface area (Å²) in [6.45, 7) is 1.37. The van der Waals surface area contributed by atoms with Gasteiger partial charge in [0.15, 0.2) is 0 Å². The van der Waals surface area contributed by atoms with Crippen LogP contribution in [-0.2, 0) is 10.1 Å². The summed E-state index contributed by atoms with van der Waals surface area (Å²) in [5.74, 6) is 0.502. The zero-order chi connectivity index (χ0) is 17.4. The standard InChI is InChI=1S/C13H16N4O5S/c1-8(23(19,20)21)10-7-17(13(18)16(10)2)12-4-11(22-3)9(5-14)6-15-12/h4,6,8,10H,7H2,1-3H3,(H,19,20,21). The van der Waals surface area contributed by atoms with E-state index in [1.54, 1.807) is 0 Å². The summed E-state index contributed by atoms with van der Waals surface area (Å²) in [4.78, 5) is 18.9. The Morgan fingerprint density at radius 2 is 2.22 bits per heavy atom. The number of anilines is 1. The van der Waals surface area contributed by atoms with Crippen molar-refractivity contribution in [2.75, 3.05) is 25.6 Å². The third-order valence-corrected chi connectivity index (χ3v) is 5.13. The monoisotopic (exact) mass is 340 g/mol. The number of carbonyl (C=O) groups excluding carboxylic acids is 1. The highest BCUT2D eigenvalue weighted by atomic mass is 32.2. The van der Waals surface area contributed by atoms with Crippen molar-refractivity contribution in [1.29, 1.82) is 5.26 Å². The van der Waals surface area contributed by atoms with Crippen molar-refractivity contribution in [3.05, 3.63) is 17.8 Å². The molecule has 1 N–H and O–H groups in total. The molecule has 0 aliphatic carbocycles. The molecule has 2 unspecified atom stereocenters. The van der Waals surface area contributed by atoms with E-state index in [0.717, 1.165) is 0 Å². The van der Waals surface area contributed by atoms with Crippen LogP contribution in [0, 0.1) is 11.3 Å². The molecule has 10 heteroatoms. The van der Waals surface area contributed by atoms with Crippen LogP contribution < -0.4 is 9.64 Å². The van der Waals surface area contributed by atoms with Gasteiger partial charge in [0.1, 0.15) is 28.4 Å². The predicted octanol–water partition coefficient (Wildman–Crippen LogP) is 0.479. The molecule has 0 aromatic carbocycles. The lowest BCUT2D eigenvalue weighted by atomic mass is 10.2. The highest BCUT2D eigenvalue weighted by Gasteiger charge is 2.43. The number of nitrogens with zero attached hydrogens (tertiary/aromatic N) is 4. The maximum Gasteiger partial charge on any atom is 0.325 e. The molecule has 0 bridgehead atoms. The SMILES string of the molecule is COc1cc(N2CC(C(C)S(=O)(=O)O)N(C)C2=O)ncc1C#N. The number of methoxy groups -OCH3 is 1. The number of ether oxygens (including phenoxy) is 1. The van der Waals surface area contributed by atoms with Gasteiger partial charge in [-0.05, 0) is 6.92 Å². The smallest absolute Gasteiger partial charge is 0.325 e. The summed E-state index contributed by atoms with van der Waals surface area (Å²) in [6, 6.07) is 2.18. The molecule has 0 spiro atoms. The second-order valence-electron chi connectivity index (χ2n) is 5.15. The number of amides is 2. The minimum Gasteiger partial charge on any atom is -0.495 e. The number of carbonyl (C=O) groups is 1. The molecule has 2 heterocycles. The van der Waals surface area contributed by atoms with E-state index >= 15 is 0 Å². The molecule has 2 rings (SSSR count). The van der Waals surface area contributed by atoms with Crippen molar-refractivity contribution in [3.63, 3.8) is 0 Å². The van der Waals surface area contributed by atoms with Crippen LogP contribution >= 0.6 is 0 Å². The number of urea groups is 1. The van der Waals surface area contributed by atoms with Gasteiger partial charge in [-0.15, -0.1) is 0 Å². The van der Waals surface area contributed by atoms with Crippen LogP contribution in [0.2, 0.25) is 0 Å². The minimum absolute atomic E-state index is 0.0400. The lowest BCUT2D eigenvalue weighted by Gasteiger charge is -2.21. The number of pyridine rings is 1. The Morgan fingerprint density at radius 1 is 1.57 bits per heavy atom. The van der Waals surface area contributed by atoms with Crippen molar-refractivity contribution in [3.8, 4) is 11.8 Å². The Bertz CT molecular complexity index is 773. The molecule has 1 fully saturated rings. The molecule has 23 heavy (non-hydrogen) atoms. The number of hydrogen-bond acceptors (Lipinski definition) is 6. The van der Waals surface area contributed by atoms with E-state index in [2.05, 4.69) is 4.98 Å². The molecule has 0 saturated carbocycles. The molecule has 1 aliphatic rings. The molecule has 2 amide bonds. The summed E-state index contributed by atoms with van der Waals surface area (Å²) in [6.07, 6.45) is 1.28. The first-order chi connectivity index (χ1) is 10.7. The number of aromatic nitrogens is 1. The average Bonchev–Trinajstić information content (AvgIpc) is 2.81. The van der Waals surface area contributed by atoms with Crippen LogP contribution in [0.3, 0.4) is 0 Å². The second kappa shape index (κ2) is 6.02. The van der Waals surface area contributed by atoms with Crippen LogP contribution in [0.15, 0.2) is 12.3 Å². The highest BCUT2D eigenvalue weighted by molar-refractivity contribution is 7.86. The largest absolute Gasteiger partial charge is 0.495 e. The van der Waals surface area contributed by atoms with Gasteiger partial charge in [0.2, 0.25) is 0 Å². The third kappa shape index (κ3) is 3.06. The average molecular weight is 340 g/mol. The molecular formula is C13H16N4O5S. The van der Waals surface area contributed by atoms with Gasteiger partial charge in [-0.25, -0.2) is 9.78 Å². The van der Waals surface area contributed by atoms with Gasteiger partial charge in [-0.1, -0.05) is 0 Å². The van der Waals surface area contributed by atoms with Crippen molar-refractivity contribution >= 4 is 22.0 Å². The number of hydrogen-bond donors (Lipinski definition) is 1. The first-order valence-corrected chi connectivity index (χ1v) is 8.15. The predicted molar refractivity (Wildman–Crippen MR) is 80.8 cm³/mol. The molecule has 1 aromatic rings. The maximum atomic E-state index is 12.3. The summed E-state index contributed by atoms with van der Waals surface area (Å²) in [5.41, 5.74) is 0.221. The minimum atomic E-state index is -4.28. The van der Waals surface area contributed by atoms with E-state index in [4.69, 9.17) is 10.00 Å². The molecule has 1 saturated heterocycles. The molecule has 2 atom stereocenters. The Labute approximate surface area is 133 Å². The maximum absolute atomic E-state index is 12.3. The van der Waals surface area contributed by atoms with Gasteiger partial charge < -0.3 is 9.64 Å². The highest BCUT2D eigenvalue weighted by Crippen LogP contribution is 2.28. The molecule has 124 valence electrons. The summed E-state index contributed by atoms with van der Waals surface area (Å²) in [7, 11) is -1.44. The molecule has 1 aliphatic heterocycles. The quantitative estimate of drug-likeness (QED) is 0.790. The normalized spacial score (nSPS) is 19.6. The van der Waals surface area contributed by atoms with E-state index in [1.807, 2.05) is 6.07 Å². The topological polar surface area (TPSA) is 124 Å². The molecule has 0 radical (unpaired) electrons. The van der Waals surface area contributed by atoms with Gasteiger partial charge in [0, 0.05) is 13.1 Å². The van der Waals surface area contributed by atoms with Crippen LogP contribution in [0.4, 0.5) is 10.6 Å². The fourth-order valence-electron chi connectivity index (χ4n) is 2.40. The third-order valence-electron chi connectivity index (χ3n) is 3.88. The first kappa shape index (κ1) is 17.0. The molecule has 1 aromatic heterocycles. The lowest BCUT2D eigenvalue weighted by molar-refractivity contribution is 0.217. The van der Waals surface area contributed by atoms with Crippen LogP contribution in [0.5, 0.6) is 5.75 Å². The fourth-order valence-corrected chi connectivity index (χ4v) is 3.07. The van der Waals surface area contributed by atoms with Gasteiger partial charge in [-0.3, -0.25) is 9.45 Å². The number of rotatable bonds is 4. The van der Waals surface area contributed by atoms with Gasteiger partial charge >= 0.3 is 6.03 Å². The Kier molecular flexibility index (Phi) is 4.44. The van der Waals surface area contributed by atoms with E-state index in [9.17, 15) is 17.8 Å². The van der Waals surface area contributed by atoms with Crippen molar-refractivity contribution < 1.29 is 22.5 Å². The Balaban J connectivity index is 2.35. The van der Waals surface area contributed by atoms with Crippen LogP contribution in [-0.4, -0.2) is 60.9 Å². The second-order valence-corrected chi connectivity index (χ2v) is 6.92. The number of likely N-dealkylation sites (N-methyl/N-ethyl adjacent to an activating group) is 1. The van der Waals surface area contributed by atoms with E-state index in [0.29, 0.717) is 0 Å². The molecule has 9 nitrogen and oxygen atoms in total. The summed E-state index contributed by atoms with van der Waals surface area (Å²) in [5, 5.41) is 7.81. The van der Waals surface area contributed by atoms with E-state index in [1.165, 1.54) is 43.1 Å². The van der Waals surface area contributed by atoms with E-state index in [-0.39, 0.29) is 23.7 Å². The first-order valence-electron chi connectivity index (χ1n) is 6.65. The lowest BCUT2D eigenvalue weighted by Crippen LogP contribution is -2.41. The van der Waals surface area contributed by atoms with Crippen LogP contribution in [0.1, 0.15) is 12.5 Å². The summed E-state index contributed by atoms with van der Waals surface area (Å²) >= 11 is 0. The van der Waals surface area contributed by atoms with Gasteiger partial charge in [-0.2, -0.15) is 13.7 Å². The van der Waals surface area contributed by atoms with E-state index < -0.39 is 27.4 Å². The zero-order valence-electron chi connectivity index (χ0n) is 12.8. The zero-order valence-corrected chi connectivity index (χ0v) is 13.6. The Morgan fingerprint density at radius 3 is 2.74 bits per heavy atom. The molecular weight excluding hydrogens is 324 g/mol. The summed E-state index contributed by atoms with van der Waals surface area (Å²) < 4.78 is 36.9. The van der Waals surface area contributed by atoms with Gasteiger partial charge in [0.05, 0.1) is 25.9 Å². The van der Waals surface area contributed by atoms with Gasteiger partial charge in [0.25, 0.3) is 10.1 Å². The van der Waals surface area contributed by atoms with Crippen molar-refractivity contribution in [2.24, 2.45) is 0 Å². The Hall–Kier alpha value is -2.38. The number of nitriles is 1. The van der Waals surface area contributed by atoms with Crippen molar-refractivity contribution in [2.45, 2.75) is 18.2 Å².